The van der Waals surface area contributed by atoms with Gasteiger partial charge in [-0.2, -0.15) is 0 Å². The average Bonchev–Trinajstić information content (AvgIpc) is 2.84. The molecule has 0 radical (unpaired) electrons. The van der Waals surface area contributed by atoms with Crippen molar-refractivity contribution in [1.82, 2.24) is 0 Å². The smallest absolute Gasteiger partial charge is 0.178 e. The van der Waals surface area contributed by atoms with E-state index in [1.165, 1.54) is 12.2 Å². The first kappa shape index (κ1) is 19.9. The number of nitrogens with two attached hydrogens (primary N) is 1. The number of aliphatic hydroxyl groups excluding tert-OH is 1. The van der Waals surface area contributed by atoms with E-state index in [0.717, 1.165) is 5.57 Å². The molecule has 1 unspecified atom stereocenters. The van der Waals surface area contributed by atoms with Gasteiger partial charge in [0, 0.05) is 16.7 Å². The molecule has 4 aliphatic carbocycles. The molecule has 8 atom stereocenters. The van der Waals surface area contributed by atoms with Crippen LogP contribution in [0.4, 0.5) is 4.39 Å². The van der Waals surface area contributed by atoms with E-state index in [0.29, 0.717) is 19.3 Å². The molecule has 28 heavy (non-hydrogen) atoms. The second-order valence-corrected chi connectivity index (χ2v) is 9.80. The molecule has 154 valence electrons. The first-order chi connectivity index (χ1) is 13.0. The summed E-state index contributed by atoms with van der Waals surface area (Å²) in [4.78, 5) is 24.5. The molecule has 3 saturated carbocycles. The lowest BCUT2D eigenvalue weighted by molar-refractivity contribution is -0.218. The number of allylic oxidation sites excluding steroid dienone is 4. The fraction of sp³-hybridized carbons (Fsp3) is 0.727. The first-order valence-corrected chi connectivity index (χ1v) is 10.2. The molecule has 4 aliphatic rings. The molecular weight excluding hydrogens is 361 g/mol. The van der Waals surface area contributed by atoms with Crippen molar-refractivity contribution < 1.29 is 24.2 Å². The number of hydrogen-bond donors (Lipinski definition) is 3. The molecule has 6 heteroatoms. The van der Waals surface area contributed by atoms with E-state index < -0.39 is 39.9 Å². The second-order valence-electron chi connectivity index (χ2n) is 9.80. The largest absolute Gasteiger partial charge is 0.390 e. The van der Waals surface area contributed by atoms with Crippen LogP contribution in [-0.4, -0.2) is 45.7 Å². The summed E-state index contributed by atoms with van der Waals surface area (Å²) in [5.74, 6) is -1.71. The van der Waals surface area contributed by atoms with Crippen LogP contribution in [0.3, 0.4) is 0 Å². The number of rotatable bonds is 2. The first-order valence-electron chi connectivity index (χ1n) is 10.2. The van der Waals surface area contributed by atoms with Crippen LogP contribution in [0.1, 0.15) is 46.5 Å². The summed E-state index contributed by atoms with van der Waals surface area (Å²) in [5, 5.41) is 22.6. The Morgan fingerprint density at radius 2 is 2.04 bits per heavy atom. The summed E-state index contributed by atoms with van der Waals surface area (Å²) >= 11 is 0. The van der Waals surface area contributed by atoms with Crippen LogP contribution >= 0.6 is 0 Å². The molecule has 4 N–H and O–H groups in total. The minimum Gasteiger partial charge on any atom is -0.390 e. The third-order valence-corrected chi connectivity index (χ3v) is 8.83. The third-order valence-electron chi connectivity index (χ3n) is 8.83. The molecule has 0 bridgehead atoms. The number of aliphatic hydroxyl groups is 2. The molecule has 0 amide bonds. The van der Waals surface area contributed by atoms with Crippen molar-refractivity contribution in [2.24, 2.45) is 34.3 Å². The van der Waals surface area contributed by atoms with Gasteiger partial charge >= 0.3 is 0 Å². The van der Waals surface area contributed by atoms with Gasteiger partial charge in [-0.3, -0.25) is 9.59 Å². The number of Topliss-reactive ketones (excluding diaryl/α,β-unsaturated/α-hetero) is 1. The van der Waals surface area contributed by atoms with Gasteiger partial charge in [-0.05, 0) is 56.6 Å². The van der Waals surface area contributed by atoms with E-state index in [-0.39, 0.29) is 30.6 Å². The number of hydrogen-bond acceptors (Lipinski definition) is 5. The van der Waals surface area contributed by atoms with E-state index >= 15 is 4.39 Å². The maximum atomic E-state index is 16.9. The zero-order chi connectivity index (χ0) is 20.7. The lowest BCUT2D eigenvalue weighted by Gasteiger charge is -2.62. The van der Waals surface area contributed by atoms with Crippen molar-refractivity contribution >= 4 is 11.6 Å². The van der Waals surface area contributed by atoms with Crippen molar-refractivity contribution in [3.05, 3.63) is 23.8 Å². The Bertz CT molecular complexity index is 808. The molecule has 0 aromatic rings. The normalized spacial score (nSPS) is 52.5. The number of alkyl halides is 1. The summed E-state index contributed by atoms with van der Waals surface area (Å²) in [5.41, 5.74) is 0.711. The maximum absolute atomic E-state index is 16.9. The number of fused-ring (bicyclic) bond motifs is 5. The van der Waals surface area contributed by atoms with Gasteiger partial charge in [-0.1, -0.05) is 25.5 Å². The molecule has 0 aromatic heterocycles. The second kappa shape index (κ2) is 5.83. The highest BCUT2D eigenvalue weighted by molar-refractivity contribution is 6.01. The van der Waals surface area contributed by atoms with Gasteiger partial charge in [0.25, 0.3) is 0 Å². The van der Waals surface area contributed by atoms with Crippen molar-refractivity contribution in [1.29, 1.82) is 0 Å². The van der Waals surface area contributed by atoms with Crippen LogP contribution in [0.15, 0.2) is 23.8 Å². The molecule has 0 heterocycles. The van der Waals surface area contributed by atoms with Crippen LogP contribution in [0.5, 0.6) is 0 Å². The predicted octanol–water partition coefficient (Wildman–Crippen LogP) is 1.86. The van der Waals surface area contributed by atoms with Crippen molar-refractivity contribution in [2.75, 3.05) is 6.54 Å². The molecule has 5 nitrogen and oxygen atoms in total. The van der Waals surface area contributed by atoms with E-state index in [9.17, 15) is 19.8 Å². The molecule has 3 fully saturated rings. The molecule has 4 rings (SSSR count). The third kappa shape index (κ3) is 2.01. The highest BCUT2D eigenvalue weighted by Gasteiger charge is 2.75. The van der Waals surface area contributed by atoms with E-state index in [1.54, 1.807) is 13.0 Å². The minimum atomic E-state index is -1.95. The lowest BCUT2D eigenvalue weighted by Crippen LogP contribution is -2.69. The minimum absolute atomic E-state index is 0.0120. The molecule has 0 aliphatic heterocycles. The lowest BCUT2D eigenvalue weighted by atomic mass is 9.44. The molecule has 0 spiro atoms. The predicted molar refractivity (Wildman–Crippen MR) is 102 cm³/mol. The Hall–Kier alpha value is -1.37. The van der Waals surface area contributed by atoms with Crippen molar-refractivity contribution in [2.45, 2.75) is 63.8 Å². The van der Waals surface area contributed by atoms with Gasteiger partial charge in [0.15, 0.2) is 17.2 Å². The van der Waals surface area contributed by atoms with Crippen LogP contribution in [0.25, 0.3) is 0 Å². The topological polar surface area (TPSA) is 101 Å². The highest BCUT2D eigenvalue weighted by atomic mass is 19.1. The summed E-state index contributed by atoms with van der Waals surface area (Å²) in [6, 6.07) is 0. The van der Waals surface area contributed by atoms with E-state index in [2.05, 4.69) is 0 Å². The summed E-state index contributed by atoms with van der Waals surface area (Å²) in [7, 11) is 0. The van der Waals surface area contributed by atoms with Gasteiger partial charge < -0.3 is 15.9 Å². The summed E-state index contributed by atoms with van der Waals surface area (Å²) < 4.78 is 16.9. The summed E-state index contributed by atoms with van der Waals surface area (Å²) in [6.45, 7) is 5.11. The van der Waals surface area contributed by atoms with Gasteiger partial charge in [-0.25, -0.2) is 4.39 Å². The molecule has 0 aromatic carbocycles. The Morgan fingerprint density at radius 1 is 1.36 bits per heavy atom. The van der Waals surface area contributed by atoms with Gasteiger partial charge in [-0.15, -0.1) is 0 Å². The Balaban J connectivity index is 1.84. The van der Waals surface area contributed by atoms with Crippen LogP contribution < -0.4 is 5.73 Å². The molecular formula is C22H30FNO4. The van der Waals surface area contributed by atoms with Gasteiger partial charge in [0.1, 0.15) is 5.60 Å². The fourth-order valence-electron chi connectivity index (χ4n) is 7.30. The van der Waals surface area contributed by atoms with Gasteiger partial charge in [0.2, 0.25) is 0 Å². The number of halogens is 1. The maximum Gasteiger partial charge on any atom is 0.178 e. The van der Waals surface area contributed by atoms with Crippen LogP contribution in [0.2, 0.25) is 0 Å². The van der Waals surface area contributed by atoms with Crippen molar-refractivity contribution in [3.8, 4) is 0 Å². The van der Waals surface area contributed by atoms with E-state index in [4.69, 9.17) is 5.73 Å². The van der Waals surface area contributed by atoms with Crippen molar-refractivity contribution in [3.63, 3.8) is 0 Å². The Kier molecular flexibility index (Phi) is 4.15. The quantitative estimate of drug-likeness (QED) is 0.667. The number of ketones is 2. The SMILES string of the molecule is C[C@@H]1C[C@H]2[C@@H]3CCC4=CC(=O)C=C[C@]4(C)C3(F)[C@@H](O)C[C@]2(C)[C@@]1(O)C(=O)CN. The zero-order valence-corrected chi connectivity index (χ0v) is 16.7. The monoisotopic (exact) mass is 391 g/mol. The average molecular weight is 391 g/mol. The zero-order valence-electron chi connectivity index (χ0n) is 16.7. The van der Waals surface area contributed by atoms with Gasteiger partial charge in [0.05, 0.1) is 12.6 Å². The fourth-order valence-corrected chi connectivity index (χ4v) is 7.30. The highest BCUT2D eigenvalue weighted by Crippen LogP contribution is 2.70. The van der Waals surface area contributed by atoms with Crippen LogP contribution in [-0.2, 0) is 9.59 Å². The Labute approximate surface area is 164 Å². The van der Waals surface area contributed by atoms with Crippen LogP contribution in [0, 0.1) is 28.6 Å². The summed E-state index contributed by atoms with van der Waals surface area (Å²) in [6.07, 6.45) is 4.70. The Morgan fingerprint density at radius 3 is 2.68 bits per heavy atom. The number of carbonyl (C=O) groups excluding carboxylic acids is 2. The molecule has 0 saturated heterocycles. The standard InChI is InChI=1S/C22H30FNO4/c1-12-8-16-15-5-4-13-9-14(25)6-7-19(13,2)21(15,23)17(26)10-20(16,3)22(12,28)18(27)11-24/h6-7,9,12,15-17,26,28H,4-5,8,10-11,24H2,1-3H3/t12-,15+,16+,17+,19+,20+,21?,22+/m1/s1. The number of carbonyl (C=O) groups is 2. The van der Waals surface area contributed by atoms with E-state index in [1.807, 2.05) is 13.8 Å².